The molecule has 0 bridgehead atoms. The lowest BCUT2D eigenvalue weighted by atomic mass is 9.94. The van der Waals surface area contributed by atoms with Crippen LogP contribution in [0.2, 0.25) is 10.0 Å². The molecule has 1 N–H and O–H groups in total. The second-order valence-electron chi connectivity index (χ2n) is 8.14. The minimum atomic E-state index is -0.912. The van der Waals surface area contributed by atoms with Crippen molar-refractivity contribution in [2.24, 2.45) is 0 Å². The van der Waals surface area contributed by atoms with E-state index in [0.29, 0.717) is 17.0 Å². The smallest absolute Gasteiger partial charge is 0.300 e. The number of nitrogens with zero attached hydrogens (tertiary/aromatic N) is 1. The summed E-state index contributed by atoms with van der Waals surface area (Å²) in [5, 5.41) is 11.7. The molecule has 1 fully saturated rings. The van der Waals surface area contributed by atoms with E-state index in [1.165, 1.54) is 31.3 Å². The molecule has 0 aliphatic carbocycles. The van der Waals surface area contributed by atoms with Crippen LogP contribution in [0.15, 0.2) is 60.2 Å². The Labute approximate surface area is 213 Å². The average Bonchev–Trinajstić information content (AvgIpc) is 3.10. The number of aryl methyl sites for hydroxylation is 1. The molecule has 8 heteroatoms. The number of hydrogen-bond donors (Lipinski definition) is 1. The lowest BCUT2D eigenvalue weighted by molar-refractivity contribution is -0.132. The van der Waals surface area contributed by atoms with Crippen LogP contribution >= 0.6 is 23.2 Å². The van der Waals surface area contributed by atoms with Gasteiger partial charge in [-0.25, -0.2) is 0 Å². The van der Waals surface area contributed by atoms with Gasteiger partial charge in [0.05, 0.1) is 35.9 Å². The van der Waals surface area contributed by atoms with Crippen molar-refractivity contribution in [1.82, 2.24) is 0 Å². The first kappa shape index (κ1) is 24.6. The fraction of sp³-hybridized carbons (Fsp3) is 0.185. The zero-order valence-electron chi connectivity index (χ0n) is 19.6. The van der Waals surface area contributed by atoms with Crippen LogP contribution in [-0.4, -0.2) is 31.0 Å². The van der Waals surface area contributed by atoms with Crippen LogP contribution in [0, 0.1) is 13.8 Å². The Morgan fingerprint density at radius 2 is 1.60 bits per heavy atom. The van der Waals surface area contributed by atoms with E-state index in [4.69, 9.17) is 32.7 Å². The molecular formula is C27H23Cl2NO5. The molecule has 1 heterocycles. The minimum absolute atomic E-state index is 0.0820. The van der Waals surface area contributed by atoms with Crippen LogP contribution in [-0.2, 0) is 9.59 Å². The highest BCUT2D eigenvalue weighted by atomic mass is 35.5. The number of anilines is 1. The summed E-state index contributed by atoms with van der Waals surface area (Å²) >= 11 is 12.6. The van der Waals surface area contributed by atoms with Gasteiger partial charge in [-0.3, -0.25) is 14.5 Å². The maximum absolute atomic E-state index is 13.4. The van der Waals surface area contributed by atoms with Crippen LogP contribution < -0.4 is 14.4 Å². The Hall–Kier alpha value is -3.48. The lowest BCUT2D eigenvalue weighted by Gasteiger charge is -2.27. The van der Waals surface area contributed by atoms with Crippen molar-refractivity contribution >= 4 is 46.3 Å². The van der Waals surface area contributed by atoms with Gasteiger partial charge in [-0.15, -0.1) is 0 Å². The number of amides is 1. The number of carbonyl (C=O) groups excluding carboxylic acids is 2. The number of benzene rings is 3. The van der Waals surface area contributed by atoms with Crippen molar-refractivity contribution in [3.05, 3.63) is 92.5 Å². The number of hydrogen-bond acceptors (Lipinski definition) is 5. The molecule has 3 aromatic carbocycles. The molecule has 1 aliphatic heterocycles. The maximum atomic E-state index is 13.4. The Balaban J connectivity index is 2.01. The number of aliphatic hydroxyl groups is 1. The van der Waals surface area contributed by atoms with Crippen molar-refractivity contribution in [2.45, 2.75) is 19.9 Å². The van der Waals surface area contributed by atoms with Crippen molar-refractivity contribution in [3.8, 4) is 11.5 Å². The molecule has 1 aliphatic rings. The Kier molecular flexibility index (Phi) is 6.79. The van der Waals surface area contributed by atoms with Gasteiger partial charge in [0.25, 0.3) is 11.7 Å². The first-order chi connectivity index (χ1) is 16.7. The fourth-order valence-electron chi connectivity index (χ4n) is 4.25. The Morgan fingerprint density at radius 3 is 2.23 bits per heavy atom. The van der Waals surface area contributed by atoms with Crippen molar-refractivity contribution in [1.29, 1.82) is 0 Å². The van der Waals surface area contributed by atoms with Gasteiger partial charge in [-0.05, 0) is 60.9 Å². The van der Waals surface area contributed by atoms with Crippen molar-refractivity contribution < 1.29 is 24.2 Å². The number of ether oxygens (including phenoxy) is 2. The standard InChI is InChI=1S/C27H23Cl2NO5/c1-14-7-5-10-21(15(14)2)30-23(16-8-6-9-18(11-16)34-3)22(25(32)27(30)33)24(31)17-12-19(28)26(35-4)20(29)13-17/h5-13,23,31H,1-4H3/b24-22+. The summed E-state index contributed by atoms with van der Waals surface area (Å²) in [7, 11) is 2.95. The molecule has 1 atom stereocenters. The summed E-state index contributed by atoms with van der Waals surface area (Å²) in [6.45, 7) is 3.81. The molecule has 0 radical (unpaired) electrons. The fourth-order valence-corrected chi connectivity index (χ4v) is 4.89. The van der Waals surface area contributed by atoms with Gasteiger partial charge in [-0.2, -0.15) is 0 Å². The second-order valence-corrected chi connectivity index (χ2v) is 8.95. The van der Waals surface area contributed by atoms with Crippen LogP contribution in [0.4, 0.5) is 5.69 Å². The zero-order valence-corrected chi connectivity index (χ0v) is 21.1. The normalized spacial score (nSPS) is 17.1. The second kappa shape index (κ2) is 9.64. The van der Waals surface area contributed by atoms with Crippen molar-refractivity contribution in [3.63, 3.8) is 0 Å². The molecule has 4 rings (SSSR count). The summed E-state index contributed by atoms with van der Waals surface area (Å²) in [6.07, 6.45) is 0. The average molecular weight is 512 g/mol. The number of halogens is 2. The predicted molar refractivity (Wildman–Crippen MR) is 137 cm³/mol. The van der Waals surface area contributed by atoms with Crippen LogP contribution in [0.1, 0.15) is 28.3 Å². The SMILES string of the molecule is COc1cccc(C2/C(=C(\O)c3cc(Cl)c(OC)c(Cl)c3)C(=O)C(=O)N2c2cccc(C)c2C)c1. The van der Waals surface area contributed by atoms with E-state index in [2.05, 4.69) is 0 Å². The van der Waals surface area contributed by atoms with Gasteiger partial charge in [0.1, 0.15) is 11.5 Å². The van der Waals surface area contributed by atoms with Gasteiger partial charge in [0.15, 0.2) is 5.75 Å². The maximum Gasteiger partial charge on any atom is 0.300 e. The number of Topliss-reactive ketones (excluding diaryl/α,β-unsaturated/α-hetero) is 1. The van der Waals surface area contributed by atoms with E-state index in [0.717, 1.165) is 11.1 Å². The zero-order chi connectivity index (χ0) is 25.4. The molecule has 0 spiro atoms. The molecule has 1 amide bonds. The molecule has 0 saturated carbocycles. The topological polar surface area (TPSA) is 76.1 Å². The molecule has 1 saturated heterocycles. The third-order valence-corrected chi connectivity index (χ3v) is 6.73. The Morgan fingerprint density at radius 1 is 0.943 bits per heavy atom. The lowest BCUT2D eigenvalue weighted by Crippen LogP contribution is -2.30. The van der Waals surface area contributed by atoms with Gasteiger partial charge < -0.3 is 14.6 Å². The number of ketones is 1. The largest absolute Gasteiger partial charge is 0.507 e. The first-order valence-electron chi connectivity index (χ1n) is 10.7. The highest BCUT2D eigenvalue weighted by molar-refractivity contribution is 6.52. The summed E-state index contributed by atoms with van der Waals surface area (Å²) < 4.78 is 10.6. The van der Waals surface area contributed by atoms with E-state index >= 15 is 0 Å². The highest BCUT2D eigenvalue weighted by Crippen LogP contribution is 2.45. The number of rotatable bonds is 5. The molecule has 1 unspecified atom stereocenters. The molecule has 3 aromatic rings. The summed E-state index contributed by atoms with van der Waals surface area (Å²) in [6, 6.07) is 14.5. The third-order valence-electron chi connectivity index (χ3n) is 6.17. The third kappa shape index (κ3) is 4.24. The predicted octanol–water partition coefficient (Wildman–Crippen LogP) is 6.25. The monoisotopic (exact) mass is 511 g/mol. The quantitative estimate of drug-likeness (QED) is 0.248. The van der Waals surface area contributed by atoms with Crippen molar-refractivity contribution in [2.75, 3.05) is 19.1 Å². The summed E-state index contributed by atoms with van der Waals surface area (Å²) in [4.78, 5) is 28.2. The molecule has 180 valence electrons. The van der Waals surface area contributed by atoms with Gasteiger partial charge in [-0.1, -0.05) is 47.5 Å². The molecule has 6 nitrogen and oxygen atoms in total. The van der Waals surface area contributed by atoms with E-state index in [9.17, 15) is 14.7 Å². The van der Waals surface area contributed by atoms with E-state index in [-0.39, 0.29) is 26.9 Å². The van der Waals surface area contributed by atoms with Gasteiger partial charge >= 0.3 is 0 Å². The number of carbonyl (C=O) groups is 2. The number of aliphatic hydroxyl groups excluding tert-OH is 1. The Bertz CT molecular complexity index is 1360. The first-order valence-corrected chi connectivity index (χ1v) is 11.5. The summed E-state index contributed by atoms with van der Waals surface area (Å²) in [5.41, 5.74) is 3.08. The molecule has 35 heavy (non-hydrogen) atoms. The molecule has 0 aromatic heterocycles. The number of methoxy groups -OCH3 is 2. The van der Waals surface area contributed by atoms with Gasteiger partial charge in [0.2, 0.25) is 0 Å². The minimum Gasteiger partial charge on any atom is -0.507 e. The van der Waals surface area contributed by atoms with Crippen LogP contribution in [0.25, 0.3) is 5.76 Å². The van der Waals surface area contributed by atoms with Crippen LogP contribution in [0.5, 0.6) is 11.5 Å². The summed E-state index contributed by atoms with van der Waals surface area (Å²) in [5.74, 6) is -1.18. The van der Waals surface area contributed by atoms with E-state index in [1.54, 1.807) is 30.3 Å². The van der Waals surface area contributed by atoms with E-state index in [1.807, 2.05) is 26.0 Å². The van der Waals surface area contributed by atoms with Crippen LogP contribution in [0.3, 0.4) is 0 Å². The molecular weight excluding hydrogens is 489 g/mol. The highest BCUT2D eigenvalue weighted by Gasteiger charge is 2.47. The van der Waals surface area contributed by atoms with E-state index < -0.39 is 23.5 Å². The van der Waals surface area contributed by atoms with Gasteiger partial charge in [0, 0.05) is 11.3 Å².